The Hall–Kier alpha value is -0.860. The lowest BCUT2D eigenvalue weighted by Crippen LogP contribution is -2.41. The van der Waals surface area contributed by atoms with Crippen LogP contribution in [0, 0.1) is 18.8 Å². The summed E-state index contributed by atoms with van der Waals surface area (Å²) in [5.41, 5.74) is 2.75. The monoisotopic (exact) mass is 261 g/mol. The predicted octanol–water partition coefficient (Wildman–Crippen LogP) is 3.19. The van der Waals surface area contributed by atoms with Crippen LogP contribution >= 0.6 is 0 Å². The quantitative estimate of drug-likeness (QED) is 0.899. The number of benzene rings is 1. The Morgan fingerprint density at radius 1 is 1.21 bits per heavy atom. The first-order valence-corrected chi connectivity index (χ1v) is 7.41. The van der Waals surface area contributed by atoms with Crippen LogP contribution in [0.1, 0.15) is 31.9 Å². The first-order valence-electron chi connectivity index (χ1n) is 7.41. The number of nitrogens with one attached hydrogen (secondary N) is 1. The van der Waals surface area contributed by atoms with Crippen molar-refractivity contribution < 1.29 is 4.74 Å². The van der Waals surface area contributed by atoms with Gasteiger partial charge in [0.2, 0.25) is 0 Å². The van der Waals surface area contributed by atoms with Gasteiger partial charge < -0.3 is 10.1 Å². The van der Waals surface area contributed by atoms with Gasteiger partial charge in [-0.2, -0.15) is 0 Å². The molecule has 106 valence electrons. The van der Waals surface area contributed by atoms with Gasteiger partial charge in [0.1, 0.15) is 0 Å². The van der Waals surface area contributed by atoms with Gasteiger partial charge in [0.25, 0.3) is 0 Å². The molecule has 0 aromatic heterocycles. The second-order valence-electron chi connectivity index (χ2n) is 6.07. The molecule has 5 atom stereocenters. The highest BCUT2D eigenvalue weighted by Crippen LogP contribution is 2.35. The number of aryl methyl sites for hydroxylation is 1. The fourth-order valence-corrected chi connectivity index (χ4v) is 3.51. The topological polar surface area (TPSA) is 21.3 Å². The average molecular weight is 261 g/mol. The van der Waals surface area contributed by atoms with Crippen LogP contribution in [0.2, 0.25) is 0 Å². The maximum absolute atomic E-state index is 5.99. The van der Waals surface area contributed by atoms with Crippen LogP contribution in [0.15, 0.2) is 24.3 Å². The molecule has 0 spiro atoms. The van der Waals surface area contributed by atoms with E-state index in [4.69, 9.17) is 4.74 Å². The molecule has 0 aliphatic carbocycles. The van der Waals surface area contributed by atoms with Crippen molar-refractivity contribution in [2.45, 2.75) is 52.4 Å². The minimum Gasteiger partial charge on any atom is -0.375 e. The zero-order valence-corrected chi connectivity index (χ0v) is 12.8. The summed E-state index contributed by atoms with van der Waals surface area (Å²) in [4.78, 5) is 0. The van der Waals surface area contributed by atoms with Gasteiger partial charge in [-0.05, 0) is 45.7 Å². The van der Waals surface area contributed by atoms with Crippen LogP contribution in [-0.2, 0) is 11.2 Å². The number of ether oxygens (including phenoxy) is 1. The Balaban J connectivity index is 2.12. The standard InChI is InChI=1S/C17H27NO/c1-11-7-6-8-15(9-11)10-16(18-5)17-12(2)13(3)19-14(17)4/h6-9,12-14,16-18H,10H2,1-5H3. The van der Waals surface area contributed by atoms with Gasteiger partial charge in [0, 0.05) is 12.0 Å². The zero-order chi connectivity index (χ0) is 14.0. The molecule has 0 amide bonds. The summed E-state index contributed by atoms with van der Waals surface area (Å²) in [5.74, 6) is 1.19. The minimum atomic E-state index is 0.340. The summed E-state index contributed by atoms with van der Waals surface area (Å²) >= 11 is 0. The van der Waals surface area contributed by atoms with Crippen molar-refractivity contribution in [3.63, 3.8) is 0 Å². The molecule has 1 aliphatic heterocycles. The highest BCUT2D eigenvalue weighted by atomic mass is 16.5. The second-order valence-corrected chi connectivity index (χ2v) is 6.07. The molecule has 5 unspecified atom stereocenters. The van der Waals surface area contributed by atoms with Crippen LogP contribution in [0.25, 0.3) is 0 Å². The first-order chi connectivity index (χ1) is 9.02. The first kappa shape index (κ1) is 14.5. The Morgan fingerprint density at radius 2 is 1.95 bits per heavy atom. The van der Waals surface area contributed by atoms with E-state index in [-0.39, 0.29) is 0 Å². The molecule has 1 aromatic rings. The maximum atomic E-state index is 5.99. The van der Waals surface area contributed by atoms with Crippen molar-refractivity contribution in [3.8, 4) is 0 Å². The Bertz CT molecular complexity index is 417. The molecule has 1 aliphatic rings. The molecule has 0 bridgehead atoms. The Kier molecular flexibility index (Phi) is 4.64. The van der Waals surface area contributed by atoms with Crippen LogP contribution in [0.5, 0.6) is 0 Å². The van der Waals surface area contributed by atoms with E-state index in [1.807, 2.05) is 0 Å². The summed E-state index contributed by atoms with van der Waals surface area (Å²) in [6.07, 6.45) is 1.79. The van der Waals surface area contributed by atoms with Gasteiger partial charge in [-0.1, -0.05) is 36.8 Å². The van der Waals surface area contributed by atoms with Gasteiger partial charge in [-0.25, -0.2) is 0 Å². The minimum absolute atomic E-state index is 0.340. The van der Waals surface area contributed by atoms with Gasteiger partial charge in [0.05, 0.1) is 12.2 Å². The predicted molar refractivity (Wildman–Crippen MR) is 80.4 cm³/mol. The molecule has 0 radical (unpaired) electrons. The van der Waals surface area contributed by atoms with E-state index in [0.717, 1.165) is 6.42 Å². The molecule has 2 heteroatoms. The molecule has 1 fully saturated rings. The van der Waals surface area contributed by atoms with Crippen molar-refractivity contribution in [1.82, 2.24) is 5.32 Å². The SMILES string of the molecule is CNC(Cc1cccc(C)c1)C1C(C)OC(C)C1C. The third-order valence-corrected chi connectivity index (χ3v) is 4.69. The Morgan fingerprint density at radius 3 is 2.47 bits per heavy atom. The zero-order valence-electron chi connectivity index (χ0n) is 12.8. The summed E-state index contributed by atoms with van der Waals surface area (Å²) in [5, 5.41) is 3.51. The van der Waals surface area contributed by atoms with Crippen LogP contribution in [0.3, 0.4) is 0 Å². The molecule has 1 saturated heterocycles. The average Bonchev–Trinajstić information content (AvgIpc) is 2.61. The van der Waals surface area contributed by atoms with E-state index in [9.17, 15) is 0 Å². The fourth-order valence-electron chi connectivity index (χ4n) is 3.51. The number of hydrogen-bond acceptors (Lipinski definition) is 2. The normalized spacial score (nSPS) is 32.5. The highest BCUT2D eigenvalue weighted by Gasteiger charge is 2.40. The lowest BCUT2D eigenvalue weighted by molar-refractivity contribution is 0.0479. The molecule has 0 saturated carbocycles. The van der Waals surface area contributed by atoms with Gasteiger partial charge in [-0.3, -0.25) is 0 Å². The van der Waals surface area contributed by atoms with Crippen molar-refractivity contribution >= 4 is 0 Å². The van der Waals surface area contributed by atoms with E-state index in [0.29, 0.717) is 30.1 Å². The summed E-state index contributed by atoms with van der Waals surface area (Å²) in [7, 11) is 2.07. The van der Waals surface area contributed by atoms with E-state index in [2.05, 4.69) is 64.3 Å². The number of likely N-dealkylation sites (N-methyl/N-ethyl adjacent to an activating group) is 1. The molecule has 1 N–H and O–H groups in total. The van der Waals surface area contributed by atoms with E-state index in [1.54, 1.807) is 0 Å². The van der Waals surface area contributed by atoms with Gasteiger partial charge in [0.15, 0.2) is 0 Å². The summed E-state index contributed by atoms with van der Waals surface area (Å²) in [6, 6.07) is 9.31. The maximum Gasteiger partial charge on any atom is 0.0597 e. The number of hydrogen-bond donors (Lipinski definition) is 1. The molecule has 2 rings (SSSR count). The second kappa shape index (κ2) is 6.06. The number of rotatable bonds is 4. The van der Waals surface area contributed by atoms with Gasteiger partial charge >= 0.3 is 0 Å². The molecule has 19 heavy (non-hydrogen) atoms. The van der Waals surface area contributed by atoms with E-state index in [1.165, 1.54) is 11.1 Å². The molecular weight excluding hydrogens is 234 g/mol. The molecule has 1 aromatic carbocycles. The van der Waals surface area contributed by atoms with Crippen LogP contribution in [0.4, 0.5) is 0 Å². The van der Waals surface area contributed by atoms with Gasteiger partial charge in [-0.15, -0.1) is 0 Å². The third-order valence-electron chi connectivity index (χ3n) is 4.69. The van der Waals surface area contributed by atoms with Crippen LogP contribution in [-0.4, -0.2) is 25.3 Å². The Labute approximate surface area is 117 Å². The van der Waals surface area contributed by atoms with E-state index < -0.39 is 0 Å². The van der Waals surface area contributed by atoms with E-state index >= 15 is 0 Å². The van der Waals surface area contributed by atoms with Crippen molar-refractivity contribution in [2.75, 3.05) is 7.05 Å². The lowest BCUT2D eigenvalue weighted by atomic mass is 9.81. The summed E-state index contributed by atoms with van der Waals surface area (Å²) in [6.45, 7) is 8.88. The fraction of sp³-hybridized carbons (Fsp3) is 0.647. The summed E-state index contributed by atoms with van der Waals surface area (Å²) < 4.78 is 5.99. The van der Waals surface area contributed by atoms with Crippen molar-refractivity contribution in [1.29, 1.82) is 0 Å². The van der Waals surface area contributed by atoms with Crippen molar-refractivity contribution in [3.05, 3.63) is 35.4 Å². The smallest absolute Gasteiger partial charge is 0.0597 e. The molecule has 1 heterocycles. The largest absolute Gasteiger partial charge is 0.375 e. The highest BCUT2D eigenvalue weighted by molar-refractivity contribution is 5.23. The third kappa shape index (κ3) is 3.18. The van der Waals surface area contributed by atoms with Crippen molar-refractivity contribution in [2.24, 2.45) is 11.8 Å². The molecular formula is C17H27NO. The molecule has 2 nitrogen and oxygen atoms in total. The van der Waals surface area contributed by atoms with Crippen LogP contribution < -0.4 is 5.32 Å². The lowest BCUT2D eigenvalue weighted by Gasteiger charge is -2.29.